The summed E-state index contributed by atoms with van der Waals surface area (Å²) in [6.07, 6.45) is 54.9. The lowest BCUT2D eigenvalue weighted by atomic mass is 9.99. The van der Waals surface area contributed by atoms with Crippen molar-refractivity contribution in [2.24, 2.45) is 11.8 Å². The third-order valence-corrected chi connectivity index (χ3v) is 18.8. The number of ether oxygens (including phenoxy) is 4. The molecule has 0 bridgehead atoms. The molecule has 0 aromatic carbocycles. The van der Waals surface area contributed by atoms with E-state index in [0.717, 1.165) is 121 Å². The fraction of sp³-hybridized carbons (Fsp3) is 0.892. The minimum Gasteiger partial charge on any atom is -0.462 e. The molecular weight excluding hydrogens is 1220 g/mol. The number of phosphoric acid groups is 2. The molecule has 3 N–H and O–H groups in total. The SMILES string of the molecule is CCCCCC/C=C\C=C/CCCCCCCC(=O)OC[C@H](COP(=O)(O)OC[C@@H](O)COP(=O)(O)OC[C@@H](COC(=O)CCCCCCCCCCC)OC(=O)CCCCCCCCCCC(C)C)OC(=O)CCCCCCCCCCCCCCCCC(C)CC. The summed E-state index contributed by atoms with van der Waals surface area (Å²) in [4.78, 5) is 72.6. The number of hydrogen-bond acceptors (Lipinski definition) is 15. The first-order chi connectivity index (χ1) is 44.9. The van der Waals surface area contributed by atoms with Gasteiger partial charge in [0.05, 0.1) is 26.4 Å². The van der Waals surface area contributed by atoms with Crippen LogP contribution >= 0.6 is 15.6 Å². The second-order valence-corrected chi connectivity index (χ2v) is 29.6. The molecule has 6 atom stereocenters. The molecule has 0 saturated carbocycles. The number of aliphatic hydroxyl groups excluding tert-OH is 1. The normalized spacial score (nSPS) is 14.5. The van der Waals surface area contributed by atoms with Crippen molar-refractivity contribution in [3.63, 3.8) is 0 Å². The van der Waals surface area contributed by atoms with Gasteiger partial charge in [0.1, 0.15) is 19.3 Å². The summed E-state index contributed by atoms with van der Waals surface area (Å²) >= 11 is 0. The van der Waals surface area contributed by atoms with Gasteiger partial charge in [0.2, 0.25) is 0 Å². The van der Waals surface area contributed by atoms with E-state index in [0.29, 0.717) is 25.7 Å². The van der Waals surface area contributed by atoms with Gasteiger partial charge in [0, 0.05) is 25.7 Å². The number of aliphatic hydroxyl groups is 1. The van der Waals surface area contributed by atoms with Crippen molar-refractivity contribution in [3.05, 3.63) is 24.3 Å². The Bertz CT molecular complexity index is 1900. The van der Waals surface area contributed by atoms with Gasteiger partial charge >= 0.3 is 39.5 Å². The molecule has 0 aromatic rings. The summed E-state index contributed by atoms with van der Waals surface area (Å²) in [5.41, 5.74) is 0. The number of carbonyl (C=O) groups is 4. The first-order valence-corrected chi connectivity index (χ1v) is 40.8. The quantitative estimate of drug-likeness (QED) is 0.0169. The van der Waals surface area contributed by atoms with Crippen molar-refractivity contribution >= 4 is 39.5 Å². The van der Waals surface area contributed by atoms with Crippen LogP contribution in [0.1, 0.15) is 356 Å². The number of rotatable bonds is 71. The maximum atomic E-state index is 13.1. The lowest BCUT2D eigenvalue weighted by Gasteiger charge is -2.21. The first kappa shape index (κ1) is 90.5. The Hall–Kier alpha value is -2.46. The second kappa shape index (κ2) is 65.5. The zero-order valence-electron chi connectivity index (χ0n) is 60.0. The van der Waals surface area contributed by atoms with Crippen molar-refractivity contribution in [3.8, 4) is 0 Å². The summed E-state index contributed by atoms with van der Waals surface area (Å²) in [6, 6.07) is 0. The predicted molar refractivity (Wildman–Crippen MR) is 377 cm³/mol. The largest absolute Gasteiger partial charge is 0.472 e. The van der Waals surface area contributed by atoms with Gasteiger partial charge in [-0.05, 0) is 63.2 Å². The molecule has 0 amide bonds. The molecule has 0 heterocycles. The van der Waals surface area contributed by atoms with E-state index in [2.05, 4.69) is 65.8 Å². The molecule has 17 nitrogen and oxygen atoms in total. The van der Waals surface area contributed by atoms with Crippen molar-refractivity contribution < 1.29 is 80.2 Å². The fourth-order valence-electron chi connectivity index (χ4n) is 10.7. The third kappa shape index (κ3) is 66.6. The van der Waals surface area contributed by atoms with Gasteiger partial charge in [-0.3, -0.25) is 37.3 Å². The highest BCUT2D eigenvalue weighted by Gasteiger charge is 2.30. The summed E-state index contributed by atoms with van der Waals surface area (Å²) in [5, 5.41) is 10.6. The molecule has 548 valence electrons. The van der Waals surface area contributed by atoms with Gasteiger partial charge in [-0.15, -0.1) is 0 Å². The highest BCUT2D eigenvalue weighted by molar-refractivity contribution is 7.47. The summed E-state index contributed by atoms with van der Waals surface area (Å²) < 4.78 is 68.3. The molecule has 0 aromatic heterocycles. The molecule has 0 spiro atoms. The van der Waals surface area contributed by atoms with E-state index >= 15 is 0 Å². The topological polar surface area (TPSA) is 237 Å². The molecule has 3 unspecified atom stereocenters. The van der Waals surface area contributed by atoms with Gasteiger partial charge in [0.15, 0.2) is 12.2 Å². The van der Waals surface area contributed by atoms with E-state index in [1.807, 2.05) is 0 Å². The minimum atomic E-state index is -4.96. The van der Waals surface area contributed by atoms with E-state index in [1.165, 1.54) is 154 Å². The van der Waals surface area contributed by atoms with Crippen LogP contribution in [0.3, 0.4) is 0 Å². The standard InChI is InChI=1S/C74H140O17P2/c1-7-10-12-14-16-18-19-20-21-25-28-32-39-45-51-57-72(77)85-63-69(90-73(78)58-52-46-40-33-29-26-23-22-24-27-31-37-43-49-55-67(6)9-3)64-88-92(80,81)86-60-68(75)61-87-93(82,83)89-65-70(62-84-71(76)56-50-44-38-30-17-15-13-11-8-2)91-74(79)59-53-47-41-35-34-36-42-48-54-66(4)5/h18-21,66-70,75H,7-17,22-65H2,1-6H3,(H,80,81)(H,82,83)/b19-18-,21-20-/t67?,68-,69-,70-/m1/s1. The molecule has 0 saturated heterocycles. The van der Waals surface area contributed by atoms with Gasteiger partial charge in [-0.25, -0.2) is 9.13 Å². The Kier molecular flexibility index (Phi) is 63.7. The summed E-state index contributed by atoms with van der Waals surface area (Å²) in [5.74, 6) is -0.591. The highest BCUT2D eigenvalue weighted by Crippen LogP contribution is 2.45. The Balaban J connectivity index is 5.26. The fourth-order valence-corrected chi connectivity index (χ4v) is 12.3. The van der Waals surface area contributed by atoms with Gasteiger partial charge < -0.3 is 33.8 Å². The van der Waals surface area contributed by atoms with Crippen molar-refractivity contribution in [1.82, 2.24) is 0 Å². The van der Waals surface area contributed by atoms with Gasteiger partial charge in [-0.1, -0.05) is 303 Å². The maximum Gasteiger partial charge on any atom is 0.472 e. The smallest absolute Gasteiger partial charge is 0.462 e. The van der Waals surface area contributed by atoms with E-state index < -0.39 is 97.5 Å². The molecule has 93 heavy (non-hydrogen) atoms. The Morgan fingerprint density at radius 2 is 0.634 bits per heavy atom. The second-order valence-electron chi connectivity index (χ2n) is 26.7. The van der Waals surface area contributed by atoms with Crippen LogP contribution < -0.4 is 0 Å². The number of phosphoric ester groups is 2. The lowest BCUT2D eigenvalue weighted by molar-refractivity contribution is -0.161. The Morgan fingerprint density at radius 3 is 0.968 bits per heavy atom. The predicted octanol–water partition coefficient (Wildman–Crippen LogP) is 21.1. The van der Waals surface area contributed by atoms with E-state index in [9.17, 15) is 43.2 Å². The molecule has 0 aliphatic carbocycles. The molecule has 19 heteroatoms. The minimum absolute atomic E-state index is 0.101. The van der Waals surface area contributed by atoms with Crippen LogP contribution in [0.4, 0.5) is 0 Å². The Labute approximate surface area is 567 Å². The van der Waals surface area contributed by atoms with Crippen LogP contribution in [0.25, 0.3) is 0 Å². The van der Waals surface area contributed by atoms with Gasteiger partial charge in [-0.2, -0.15) is 0 Å². The molecule has 0 aliphatic rings. The number of allylic oxidation sites excluding steroid dienone is 4. The number of hydrogen-bond donors (Lipinski definition) is 3. The van der Waals surface area contributed by atoms with Crippen molar-refractivity contribution in [2.75, 3.05) is 39.6 Å². The van der Waals surface area contributed by atoms with Crippen LogP contribution in [-0.4, -0.2) is 96.7 Å². The average molecular weight is 1360 g/mol. The maximum absolute atomic E-state index is 13.1. The third-order valence-electron chi connectivity index (χ3n) is 16.9. The Morgan fingerprint density at radius 1 is 0.355 bits per heavy atom. The average Bonchev–Trinajstić information content (AvgIpc) is 1.58. The van der Waals surface area contributed by atoms with E-state index in [-0.39, 0.29) is 25.7 Å². The molecule has 0 aliphatic heterocycles. The zero-order chi connectivity index (χ0) is 68.6. The van der Waals surface area contributed by atoms with Crippen LogP contribution in [0.5, 0.6) is 0 Å². The number of unbranched alkanes of at least 4 members (excludes halogenated alkanes) is 37. The summed E-state index contributed by atoms with van der Waals surface area (Å²) in [6.45, 7) is 9.50. The molecule has 0 fully saturated rings. The van der Waals surface area contributed by atoms with Crippen LogP contribution in [-0.2, 0) is 65.4 Å². The zero-order valence-corrected chi connectivity index (χ0v) is 61.8. The van der Waals surface area contributed by atoms with Crippen LogP contribution in [0, 0.1) is 11.8 Å². The number of esters is 4. The highest BCUT2D eigenvalue weighted by atomic mass is 31.2. The van der Waals surface area contributed by atoms with Crippen LogP contribution in [0.15, 0.2) is 24.3 Å². The lowest BCUT2D eigenvalue weighted by Crippen LogP contribution is -2.30. The molecule has 0 radical (unpaired) electrons. The number of carbonyl (C=O) groups excluding carboxylic acids is 4. The molecular formula is C74H140O17P2. The van der Waals surface area contributed by atoms with E-state index in [1.54, 1.807) is 0 Å². The van der Waals surface area contributed by atoms with Gasteiger partial charge in [0.25, 0.3) is 0 Å². The molecule has 0 rings (SSSR count). The van der Waals surface area contributed by atoms with Crippen molar-refractivity contribution in [1.29, 1.82) is 0 Å². The van der Waals surface area contributed by atoms with Crippen LogP contribution in [0.2, 0.25) is 0 Å². The summed E-state index contributed by atoms with van der Waals surface area (Å²) in [7, 11) is -9.92. The van der Waals surface area contributed by atoms with Crippen molar-refractivity contribution in [2.45, 2.75) is 374 Å². The van der Waals surface area contributed by atoms with E-state index in [4.69, 9.17) is 37.0 Å². The monoisotopic (exact) mass is 1360 g/mol. The first-order valence-electron chi connectivity index (χ1n) is 37.8.